The van der Waals surface area contributed by atoms with Crippen LogP contribution in [-0.2, 0) is 28.9 Å². The average Bonchev–Trinajstić information content (AvgIpc) is 3.09. The second-order valence-corrected chi connectivity index (χ2v) is 10.0. The summed E-state index contributed by atoms with van der Waals surface area (Å²) in [4.78, 5) is 36.0. The summed E-state index contributed by atoms with van der Waals surface area (Å²) >= 11 is 1.66. The van der Waals surface area contributed by atoms with Crippen LogP contribution < -0.4 is 5.56 Å². The first-order valence-electron chi connectivity index (χ1n) is 11.4. The van der Waals surface area contributed by atoms with Crippen molar-refractivity contribution in [3.05, 3.63) is 26.6 Å². The van der Waals surface area contributed by atoms with Crippen molar-refractivity contribution < 1.29 is 9.53 Å². The number of hydrogen-bond acceptors (Lipinski definition) is 6. The van der Waals surface area contributed by atoms with Crippen molar-refractivity contribution in [2.24, 2.45) is 0 Å². The predicted molar refractivity (Wildman–Crippen MR) is 120 cm³/mol. The molecular formula is C23H33N3O3S. The first-order valence-corrected chi connectivity index (χ1v) is 12.2. The van der Waals surface area contributed by atoms with Gasteiger partial charge in [-0.1, -0.05) is 13.3 Å². The predicted octanol–water partition coefficient (Wildman–Crippen LogP) is 4.23. The van der Waals surface area contributed by atoms with Crippen LogP contribution >= 0.6 is 11.3 Å². The van der Waals surface area contributed by atoms with Gasteiger partial charge < -0.3 is 9.64 Å². The van der Waals surface area contributed by atoms with Crippen LogP contribution in [0.2, 0.25) is 0 Å². The molecule has 6 nitrogen and oxygen atoms in total. The van der Waals surface area contributed by atoms with Crippen LogP contribution in [0.1, 0.15) is 80.6 Å². The molecule has 1 atom stereocenters. The summed E-state index contributed by atoms with van der Waals surface area (Å²) in [7, 11) is 3.92. The van der Waals surface area contributed by atoms with Crippen LogP contribution in [0.25, 0.3) is 10.2 Å². The molecule has 2 aromatic heterocycles. The number of hydrogen-bond donors (Lipinski definition) is 0. The van der Waals surface area contributed by atoms with Crippen LogP contribution in [0, 0.1) is 0 Å². The van der Waals surface area contributed by atoms with Crippen molar-refractivity contribution in [1.82, 2.24) is 14.5 Å². The molecule has 1 unspecified atom stereocenters. The number of esters is 1. The minimum Gasteiger partial charge on any atom is -0.461 e. The number of nitrogens with zero attached hydrogens (tertiary/aromatic N) is 3. The molecule has 7 heteroatoms. The Kier molecular flexibility index (Phi) is 6.58. The van der Waals surface area contributed by atoms with E-state index in [-0.39, 0.29) is 17.6 Å². The van der Waals surface area contributed by atoms with E-state index in [1.165, 1.54) is 23.3 Å². The molecule has 2 aliphatic rings. The standard InChI is InChI=1S/C23H33N3O3S/c1-4-17(23(28)29-15-10-6-5-7-11-15)26-19(14-25(2)3)24-21-20(22(26)27)16-12-8-9-13-18(16)30-21/h15,17H,4-14H2,1-3H3. The molecule has 0 spiro atoms. The summed E-state index contributed by atoms with van der Waals surface area (Å²) < 4.78 is 7.53. The fraction of sp³-hybridized carbons (Fsp3) is 0.696. The minimum absolute atomic E-state index is 0.0149. The van der Waals surface area contributed by atoms with Gasteiger partial charge in [0.05, 0.1) is 11.9 Å². The molecule has 0 radical (unpaired) electrons. The Balaban J connectivity index is 1.78. The average molecular weight is 432 g/mol. The van der Waals surface area contributed by atoms with Crippen molar-refractivity contribution in [3.63, 3.8) is 0 Å². The van der Waals surface area contributed by atoms with Gasteiger partial charge in [-0.2, -0.15) is 0 Å². The van der Waals surface area contributed by atoms with Crippen LogP contribution in [0.3, 0.4) is 0 Å². The number of aryl methyl sites for hydroxylation is 2. The molecule has 30 heavy (non-hydrogen) atoms. The molecular weight excluding hydrogens is 398 g/mol. The molecule has 0 aliphatic heterocycles. The van der Waals surface area contributed by atoms with Gasteiger partial charge in [0, 0.05) is 4.88 Å². The van der Waals surface area contributed by atoms with E-state index in [1.54, 1.807) is 15.9 Å². The van der Waals surface area contributed by atoms with Crippen molar-refractivity contribution in [2.75, 3.05) is 14.1 Å². The fourth-order valence-corrected chi connectivity index (χ4v) is 6.13. The van der Waals surface area contributed by atoms with Crippen LogP contribution in [0.15, 0.2) is 4.79 Å². The molecule has 2 aliphatic carbocycles. The van der Waals surface area contributed by atoms with E-state index in [0.717, 1.165) is 55.2 Å². The molecule has 2 heterocycles. The third kappa shape index (κ3) is 4.19. The number of ether oxygens (including phenoxy) is 1. The molecule has 1 fully saturated rings. The van der Waals surface area contributed by atoms with Crippen molar-refractivity contribution in [2.45, 2.75) is 89.8 Å². The van der Waals surface area contributed by atoms with Crippen LogP contribution in [0.4, 0.5) is 0 Å². The van der Waals surface area contributed by atoms with Gasteiger partial charge in [-0.25, -0.2) is 9.78 Å². The van der Waals surface area contributed by atoms with Gasteiger partial charge in [-0.15, -0.1) is 11.3 Å². The molecule has 2 aromatic rings. The summed E-state index contributed by atoms with van der Waals surface area (Å²) in [5.41, 5.74) is 1.10. The number of rotatable bonds is 6. The SMILES string of the molecule is CCC(C(=O)OC1CCCCC1)n1c(CN(C)C)nc2sc3c(c2c1=O)CCCC3. The minimum atomic E-state index is -0.620. The van der Waals surface area contributed by atoms with E-state index < -0.39 is 6.04 Å². The summed E-state index contributed by atoms with van der Waals surface area (Å²) in [6, 6.07) is -0.620. The van der Waals surface area contributed by atoms with Gasteiger partial charge in [0.15, 0.2) is 0 Å². The van der Waals surface area contributed by atoms with Crippen molar-refractivity contribution in [1.29, 1.82) is 0 Å². The monoisotopic (exact) mass is 431 g/mol. The number of aromatic nitrogens is 2. The van der Waals surface area contributed by atoms with Gasteiger partial charge >= 0.3 is 5.97 Å². The zero-order valence-electron chi connectivity index (χ0n) is 18.4. The van der Waals surface area contributed by atoms with Crippen LogP contribution in [-0.4, -0.2) is 40.6 Å². The third-order valence-corrected chi connectivity index (χ3v) is 7.54. The molecule has 0 amide bonds. The zero-order valence-corrected chi connectivity index (χ0v) is 19.2. The normalized spacial score (nSPS) is 18.5. The Hall–Kier alpha value is -1.73. The molecule has 4 rings (SSSR count). The second-order valence-electron chi connectivity index (χ2n) is 8.95. The first kappa shape index (κ1) is 21.5. The van der Waals surface area contributed by atoms with Gasteiger partial charge in [-0.3, -0.25) is 9.36 Å². The lowest BCUT2D eigenvalue weighted by atomic mass is 9.97. The number of fused-ring (bicyclic) bond motifs is 3. The molecule has 164 valence electrons. The van der Waals surface area contributed by atoms with Gasteiger partial charge in [0.1, 0.15) is 22.8 Å². The second kappa shape index (κ2) is 9.18. The fourth-order valence-electron chi connectivity index (χ4n) is 4.86. The highest BCUT2D eigenvalue weighted by Crippen LogP contribution is 2.34. The summed E-state index contributed by atoms with van der Waals surface area (Å²) in [6.07, 6.45) is 10.0. The Morgan fingerprint density at radius 1 is 1.20 bits per heavy atom. The maximum absolute atomic E-state index is 13.8. The maximum Gasteiger partial charge on any atom is 0.329 e. The number of carbonyl (C=O) groups is 1. The van der Waals surface area contributed by atoms with E-state index in [2.05, 4.69) is 0 Å². The Labute approximate surface area is 182 Å². The highest BCUT2D eigenvalue weighted by Gasteiger charge is 2.30. The van der Waals surface area contributed by atoms with Crippen molar-refractivity contribution >= 4 is 27.5 Å². The van der Waals surface area contributed by atoms with Gasteiger partial charge in [-0.05, 0) is 77.4 Å². The molecule has 0 bridgehead atoms. The van der Waals surface area contributed by atoms with E-state index in [4.69, 9.17) is 9.72 Å². The lowest BCUT2D eigenvalue weighted by Gasteiger charge is -2.26. The highest BCUT2D eigenvalue weighted by molar-refractivity contribution is 7.18. The number of thiophene rings is 1. The zero-order chi connectivity index (χ0) is 21.3. The number of carbonyl (C=O) groups excluding carboxylic acids is 1. The summed E-state index contributed by atoms with van der Waals surface area (Å²) in [5, 5.41) is 0.737. The third-order valence-electron chi connectivity index (χ3n) is 6.36. The quantitative estimate of drug-likeness (QED) is 0.641. The molecule has 0 aromatic carbocycles. The molecule has 0 saturated heterocycles. The van der Waals surface area contributed by atoms with Gasteiger partial charge in [0.2, 0.25) is 0 Å². The van der Waals surface area contributed by atoms with E-state index in [9.17, 15) is 9.59 Å². The van der Waals surface area contributed by atoms with E-state index >= 15 is 0 Å². The molecule has 0 N–H and O–H groups in total. The lowest BCUT2D eigenvalue weighted by molar-refractivity contribution is -0.155. The largest absolute Gasteiger partial charge is 0.461 e. The van der Waals surface area contributed by atoms with E-state index in [0.29, 0.717) is 18.8 Å². The van der Waals surface area contributed by atoms with Crippen LogP contribution in [0.5, 0.6) is 0 Å². The highest BCUT2D eigenvalue weighted by atomic mass is 32.1. The Morgan fingerprint density at radius 2 is 1.93 bits per heavy atom. The van der Waals surface area contributed by atoms with Crippen molar-refractivity contribution in [3.8, 4) is 0 Å². The van der Waals surface area contributed by atoms with E-state index in [1.807, 2.05) is 25.9 Å². The summed E-state index contributed by atoms with van der Waals surface area (Å²) in [6.45, 7) is 2.47. The van der Waals surface area contributed by atoms with Gasteiger partial charge in [0.25, 0.3) is 5.56 Å². The molecule has 1 saturated carbocycles. The lowest BCUT2D eigenvalue weighted by Crippen LogP contribution is -2.37. The maximum atomic E-state index is 13.8. The summed E-state index contributed by atoms with van der Waals surface area (Å²) in [5.74, 6) is 0.375. The topological polar surface area (TPSA) is 64.4 Å². The Morgan fingerprint density at radius 3 is 2.63 bits per heavy atom. The first-order chi connectivity index (χ1) is 14.5. The smallest absolute Gasteiger partial charge is 0.329 e. The Bertz CT molecular complexity index is 972.